The van der Waals surface area contributed by atoms with Gasteiger partial charge in [0.2, 0.25) is 0 Å². The molecule has 10 heteroatoms. The highest BCUT2D eigenvalue weighted by atomic mass is 16.5. The zero-order valence-electron chi connectivity index (χ0n) is 23.8. The van der Waals surface area contributed by atoms with E-state index in [1.54, 1.807) is 27.7 Å². The van der Waals surface area contributed by atoms with Gasteiger partial charge in [0.05, 0.1) is 0 Å². The largest absolute Gasteiger partial charge is 0.507 e. The molecule has 0 bridgehead atoms. The Morgan fingerprint density at radius 2 is 0.750 bits per heavy atom. The van der Waals surface area contributed by atoms with Crippen molar-refractivity contribution in [2.24, 2.45) is 0 Å². The van der Waals surface area contributed by atoms with Crippen LogP contribution >= 0.6 is 0 Å². The Kier molecular flexibility index (Phi) is 7.79. The van der Waals surface area contributed by atoms with Crippen molar-refractivity contribution in [3.8, 4) is 34.5 Å². The third kappa shape index (κ3) is 4.55. The molecule has 40 heavy (non-hydrogen) atoms. The van der Waals surface area contributed by atoms with E-state index in [0.29, 0.717) is 22.3 Å². The molecule has 10 nitrogen and oxygen atoms in total. The van der Waals surface area contributed by atoms with Crippen LogP contribution in [0.4, 0.5) is 0 Å². The normalized spacial score (nSPS) is 10.9. The molecule has 0 atom stereocenters. The first-order valence-corrected chi connectivity index (χ1v) is 12.3. The Labute approximate surface area is 231 Å². The van der Waals surface area contributed by atoms with Crippen LogP contribution in [0.1, 0.15) is 81.1 Å². The Bertz CT molecular complexity index is 1540. The maximum atomic E-state index is 13.3. The first-order valence-electron chi connectivity index (χ1n) is 12.3. The summed E-state index contributed by atoms with van der Waals surface area (Å²) in [5, 5.41) is 51.6. The Balaban J connectivity index is 2.08. The summed E-state index contributed by atoms with van der Waals surface area (Å²) in [4.78, 5) is 38.1. The number of aromatic hydroxyl groups is 4. The topological polar surface area (TPSA) is 171 Å². The smallest absolute Gasteiger partial charge is 0.347 e. The van der Waals surface area contributed by atoms with Gasteiger partial charge in [0.25, 0.3) is 0 Å². The van der Waals surface area contributed by atoms with Gasteiger partial charge in [-0.2, -0.15) is 0 Å². The predicted molar refractivity (Wildman–Crippen MR) is 145 cm³/mol. The molecule has 0 fully saturated rings. The molecule has 0 aliphatic carbocycles. The van der Waals surface area contributed by atoms with Crippen LogP contribution in [0.15, 0.2) is 0 Å². The SMILES string of the molecule is Cc1c(C)c(C(=O)Oc2c(C)c(C)c(C(=O)Oc3c(C)c(C)c(C(=O)O)c(O)c3C)c(O)c2C)c(O)c(C)c1O. The van der Waals surface area contributed by atoms with Gasteiger partial charge in [-0.1, -0.05) is 0 Å². The number of hydrogen-bond donors (Lipinski definition) is 5. The minimum Gasteiger partial charge on any atom is -0.507 e. The van der Waals surface area contributed by atoms with Gasteiger partial charge in [-0.3, -0.25) is 0 Å². The summed E-state index contributed by atoms with van der Waals surface area (Å²) in [5.74, 6) is -4.89. The molecule has 212 valence electrons. The van der Waals surface area contributed by atoms with Gasteiger partial charge < -0.3 is 35.0 Å². The second-order valence-corrected chi connectivity index (χ2v) is 9.89. The minimum absolute atomic E-state index is 0.0228. The number of carboxylic acids is 1. The van der Waals surface area contributed by atoms with E-state index in [2.05, 4.69) is 0 Å². The predicted octanol–water partition coefficient (Wildman–Crippen LogP) is 5.42. The zero-order chi connectivity index (χ0) is 30.5. The number of carboxylic acid groups (broad SMARTS) is 1. The molecule has 0 aliphatic heterocycles. The van der Waals surface area contributed by atoms with Gasteiger partial charge in [0, 0.05) is 16.7 Å². The Hall–Kier alpha value is -4.73. The van der Waals surface area contributed by atoms with Crippen LogP contribution < -0.4 is 9.47 Å². The minimum atomic E-state index is -1.33. The Morgan fingerprint density at radius 1 is 0.425 bits per heavy atom. The molecule has 3 rings (SSSR count). The number of carbonyl (C=O) groups is 3. The molecule has 3 aromatic rings. The molecule has 0 saturated carbocycles. The molecule has 3 aromatic carbocycles. The Morgan fingerprint density at radius 3 is 1.15 bits per heavy atom. The third-order valence-corrected chi connectivity index (χ3v) is 7.67. The molecule has 0 unspecified atom stereocenters. The van der Waals surface area contributed by atoms with E-state index in [1.165, 1.54) is 34.6 Å². The van der Waals surface area contributed by atoms with Crippen molar-refractivity contribution in [3.63, 3.8) is 0 Å². The molecule has 0 aromatic heterocycles. The second-order valence-electron chi connectivity index (χ2n) is 9.89. The van der Waals surface area contributed by atoms with Crippen molar-refractivity contribution in [3.05, 3.63) is 66.8 Å². The van der Waals surface area contributed by atoms with Crippen LogP contribution in [0.3, 0.4) is 0 Å². The maximum absolute atomic E-state index is 13.3. The lowest BCUT2D eigenvalue weighted by molar-refractivity contribution is 0.0689. The monoisotopic (exact) mass is 552 g/mol. The highest BCUT2D eigenvalue weighted by molar-refractivity contribution is 6.00. The van der Waals surface area contributed by atoms with Crippen molar-refractivity contribution in [1.82, 2.24) is 0 Å². The van der Waals surface area contributed by atoms with Gasteiger partial charge in [-0.25, -0.2) is 14.4 Å². The molecule has 0 radical (unpaired) electrons. The van der Waals surface area contributed by atoms with Gasteiger partial charge in [0.1, 0.15) is 51.2 Å². The number of phenols is 4. The number of aromatic carboxylic acids is 1. The van der Waals surface area contributed by atoms with Crippen LogP contribution in [0, 0.1) is 62.3 Å². The van der Waals surface area contributed by atoms with Gasteiger partial charge >= 0.3 is 17.9 Å². The summed E-state index contributed by atoms with van der Waals surface area (Å²) in [6.45, 7) is 13.6. The molecule has 5 N–H and O–H groups in total. The van der Waals surface area contributed by atoms with Crippen molar-refractivity contribution in [1.29, 1.82) is 0 Å². The van der Waals surface area contributed by atoms with E-state index in [4.69, 9.17) is 9.47 Å². The number of ether oxygens (including phenoxy) is 2. The molecule has 0 saturated heterocycles. The van der Waals surface area contributed by atoms with Gasteiger partial charge in [-0.05, 0) is 95.7 Å². The van der Waals surface area contributed by atoms with Gasteiger partial charge in [0.15, 0.2) is 0 Å². The van der Waals surface area contributed by atoms with E-state index in [-0.39, 0.29) is 61.8 Å². The maximum Gasteiger partial charge on any atom is 0.347 e. The molecule has 0 amide bonds. The van der Waals surface area contributed by atoms with E-state index in [9.17, 15) is 39.9 Å². The summed E-state index contributed by atoms with van der Waals surface area (Å²) in [6.07, 6.45) is 0. The number of rotatable bonds is 5. The van der Waals surface area contributed by atoms with Crippen molar-refractivity contribution < 1.29 is 49.4 Å². The molecule has 0 heterocycles. The van der Waals surface area contributed by atoms with Crippen LogP contribution in [-0.4, -0.2) is 43.4 Å². The molecule has 0 spiro atoms. The first kappa shape index (κ1) is 29.8. The van der Waals surface area contributed by atoms with Crippen LogP contribution in [0.25, 0.3) is 0 Å². The lowest BCUT2D eigenvalue weighted by Crippen LogP contribution is -2.17. The standard InChI is InChI=1S/C30H32O10/c1-10-13(4)22(31)16(7)23(32)20(10)29(37)40-27-15(6)12(3)21(25(34)18(27)9)30(38)39-26-14(5)11(2)19(28(35)36)24(33)17(26)8/h31-34H,1-9H3,(H,35,36). The van der Waals surface area contributed by atoms with Crippen molar-refractivity contribution >= 4 is 17.9 Å². The zero-order valence-corrected chi connectivity index (χ0v) is 23.8. The van der Waals surface area contributed by atoms with Crippen LogP contribution in [-0.2, 0) is 0 Å². The van der Waals surface area contributed by atoms with Gasteiger partial charge in [-0.15, -0.1) is 0 Å². The van der Waals surface area contributed by atoms with Crippen molar-refractivity contribution in [2.45, 2.75) is 62.3 Å². The van der Waals surface area contributed by atoms with E-state index in [0.717, 1.165) is 0 Å². The number of esters is 2. The quantitative estimate of drug-likeness (QED) is 0.203. The summed E-state index contributed by atoms with van der Waals surface area (Å²) in [5.41, 5.74) is 1.41. The average Bonchev–Trinajstić information content (AvgIpc) is 2.89. The number of benzene rings is 3. The number of phenolic OH excluding ortho intramolecular Hbond substituents is 3. The fourth-order valence-electron chi connectivity index (χ4n) is 4.70. The first-order chi connectivity index (χ1) is 18.4. The lowest BCUT2D eigenvalue weighted by atomic mass is 9.95. The highest BCUT2D eigenvalue weighted by Crippen LogP contribution is 2.42. The van der Waals surface area contributed by atoms with E-state index >= 15 is 0 Å². The fourth-order valence-corrected chi connectivity index (χ4v) is 4.70. The van der Waals surface area contributed by atoms with E-state index < -0.39 is 35.2 Å². The molecule has 0 aliphatic rings. The number of hydrogen-bond acceptors (Lipinski definition) is 9. The third-order valence-electron chi connectivity index (χ3n) is 7.67. The lowest BCUT2D eigenvalue weighted by Gasteiger charge is -2.21. The summed E-state index contributed by atoms with van der Waals surface area (Å²) < 4.78 is 11.2. The highest BCUT2D eigenvalue weighted by Gasteiger charge is 2.30. The molecular weight excluding hydrogens is 520 g/mol. The van der Waals surface area contributed by atoms with Crippen molar-refractivity contribution in [2.75, 3.05) is 0 Å². The molecular formula is C30H32O10. The fraction of sp³-hybridized carbons (Fsp3) is 0.300. The summed E-state index contributed by atoms with van der Waals surface area (Å²) in [7, 11) is 0. The average molecular weight is 553 g/mol. The summed E-state index contributed by atoms with van der Waals surface area (Å²) >= 11 is 0. The summed E-state index contributed by atoms with van der Waals surface area (Å²) in [6, 6.07) is 0. The number of carbonyl (C=O) groups excluding carboxylic acids is 2. The second kappa shape index (κ2) is 10.4. The van der Waals surface area contributed by atoms with E-state index in [1.807, 2.05) is 0 Å². The van der Waals surface area contributed by atoms with Crippen LogP contribution in [0.5, 0.6) is 34.5 Å². The van der Waals surface area contributed by atoms with Crippen LogP contribution in [0.2, 0.25) is 0 Å².